The molecule has 21 heavy (non-hydrogen) atoms. The number of carbonyl (C=O) groups is 3. The molecular formula is C14H17NO6. The van der Waals surface area contributed by atoms with Crippen LogP contribution in [-0.2, 0) is 20.9 Å². The molecule has 0 radical (unpaired) electrons. The molecule has 0 spiro atoms. The van der Waals surface area contributed by atoms with Crippen LogP contribution in [0.5, 0.6) is 0 Å². The highest BCUT2D eigenvalue weighted by Crippen LogP contribution is 2.20. The second kappa shape index (κ2) is 7.28. The van der Waals surface area contributed by atoms with Crippen LogP contribution in [0.4, 0.5) is 4.79 Å². The first kappa shape index (κ1) is 16.5. The fraction of sp³-hybridized carbons (Fsp3) is 0.357. The Kier molecular flexibility index (Phi) is 5.71. The van der Waals surface area contributed by atoms with Crippen LogP contribution >= 0.6 is 0 Å². The number of nitrogens with one attached hydrogen (secondary N) is 1. The van der Waals surface area contributed by atoms with E-state index in [1.807, 2.05) is 6.07 Å². The molecule has 0 aliphatic heterocycles. The summed E-state index contributed by atoms with van der Waals surface area (Å²) in [4.78, 5) is 33.3. The Hall–Kier alpha value is -2.57. The van der Waals surface area contributed by atoms with E-state index in [0.717, 1.165) is 5.56 Å². The van der Waals surface area contributed by atoms with Crippen LogP contribution < -0.4 is 5.32 Å². The van der Waals surface area contributed by atoms with Gasteiger partial charge >= 0.3 is 18.0 Å². The fourth-order valence-corrected chi connectivity index (χ4v) is 1.59. The van der Waals surface area contributed by atoms with E-state index < -0.39 is 29.9 Å². The van der Waals surface area contributed by atoms with E-state index in [1.54, 1.807) is 24.3 Å². The second-order valence-electron chi connectivity index (χ2n) is 4.85. The van der Waals surface area contributed by atoms with Gasteiger partial charge in [-0.05, 0) is 12.5 Å². The maximum atomic E-state index is 11.5. The van der Waals surface area contributed by atoms with Gasteiger partial charge in [-0.1, -0.05) is 30.3 Å². The van der Waals surface area contributed by atoms with Gasteiger partial charge in [0.05, 0.1) is 11.8 Å². The maximum Gasteiger partial charge on any atom is 0.407 e. The Balaban J connectivity index is 2.47. The van der Waals surface area contributed by atoms with E-state index in [-0.39, 0.29) is 13.2 Å². The molecule has 1 aromatic rings. The number of hydrogen-bond acceptors (Lipinski definition) is 4. The molecule has 0 aliphatic carbocycles. The van der Waals surface area contributed by atoms with Gasteiger partial charge in [0, 0.05) is 6.54 Å². The van der Waals surface area contributed by atoms with E-state index in [9.17, 15) is 14.4 Å². The van der Waals surface area contributed by atoms with Crippen LogP contribution in [0.2, 0.25) is 0 Å². The summed E-state index contributed by atoms with van der Waals surface area (Å²) in [7, 11) is 0. The SMILES string of the molecule is CC(CNC(=O)OCc1ccccc1)(CC(=O)O)C(=O)O. The second-order valence-corrected chi connectivity index (χ2v) is 4.85. The minimum Gasteiger partial charge on any atom is -0.481 e. The summed E-state index contributed by atoms with van der Waals surface area (Å²) in [6.07, 6.45) is -1.39. The molecule has 0 bridgehead atoms. The molecule has 1 amide bonds. The zero-order valence-electron chi connectivity index (χ0n) is 11.5. The maximum absolute atomic E-state index is 11.5. The van der Waals surface area contributed by atoms with Crippen LogP contribution in [0, 0.1) is 5.41 Å². The zero-order valence-corrected chi connectivity index (χ0v) is 11.5. The number of ether oxygens (including phenoxy) is 1. The average molecular weight is 295 g/mol. The van der Waals surface area contributed by atoms with Crippen molar-refractivity contribution in [1.82, 2.24) is 5.32 Å². The predicted molar refractivity (Wildman–Crippen MR) is 72.6 cm³/mol. The minimum absolute atomic E-state index is 0.0510. The topological polar surface area (TPSA) is 113 Å². The van der Waals surface area contributed by atoms with E-state index in [2.05, 4.69) is 5.32 Å². The number of carbonyl (C=O) groups excluding carboxylic acids is 1. The first-order valence-corrected chi connectivity index (χ1v) is 6.23. The fourth-order valence-electron chi connectivity index (χ4n) is 1.59. The molecular weight excluding hydrogens is 278 g/mol. The summed E-state index contributed by atoms with van der Waals surface area (Å²) in [6.45, 7) is 0.971. The van der Waals surface area contributed by atoms with Gasteiger partial charge in [-0.15, -0.1) is 0 Å². The minimum atomic E-state index is -1.59. The van der Waals surface area contributed by atoms with Gasteiger partial charge in [0.15, 0.2) is 0 Å². The van der Waals surface area contributed by atoms with Crippen molar-refractivity contribution in [2.24, 2.45) is 5.41 Å². The van der Waals surface area contributed by atoms with Gasteiger partial charge in [-0.3, -0.25) is 9.59 Å². The van der Waals surface area contributed by atoms with Gasteiger partial charge in [0.2, 0.25) is 0 Å². The Labute approximate surface area is 121 Å². The largest absolute Gasteiger partial charge is 0.481 e. The molecule has 3 N–H and O–H groups in total. The van der Waals surface area contributed by atoms with Gasteiger partial charge in [0.25, 0.3) is 0 Å². The summed E-state index contributed by atoms with van der Waals surface area (Å²) >= 11 is 0. The Morgan fingerprint density at radius 3 is 2.33 bits per heavy atom. The van der Waals surface area contributed by atoms with Crippen molar-refractivity contribution in [2.75, 3.05) is 6.54 Å². The average Bonchev–Trinajstić information content (AvgIpc) is 2.43. The van der Waals surface area contributed by atoms with E-state index in [0.29, 0.717) is 0 Å². The Morgan fingerprint density at radius 2 is 1.81 bits per heavy atom. The van der Waals surface area contributed by atoms with Crippen LogP contribution in [0.25, 0.3) is 0 Å². The molecule has 1 rings (SSSR count). The molecule has 7 nitrogen and oxygen atoms in total. The summed E-state index contributed by atoms with van der Waals surface area (Å²) in [6, 6.07) is 8.97. The Bertz CT molecular complexity index is 515. The number of aliphatic carboxylic acids is 2. The molecule has 0 aromatic heterocycles. The standard InChI is InChI=1S/C14H17NO6/c1-14(12(18)19,7-11(16)17)9-15-13(20)21-8-10-5-3-2-4-6-10/h2-6H,7-9H2,1H3,(H,15,20)(H,16,17)(H,18,19). The summed E-state index contributed by atoms with van der Waals surface area (Å²) in [5.74, 6) is -2.55. The molecule has 0 heterocycles. The van der Waals surface area contributed by atoms with Gasteiger partial charge in [-0.25, -0.2) is 4.79 Å². The van der Waals surface area contributed by atoms with Gasteiger partial charge < -0.3 is 20.3 Å². The summed E-state index contributed by atoms with van der Waals surface area (Å²) in [5.41, 5.74) is -0.795. The third-order valence-corrected chi connectivity index (χ3v) is 2.89. The highest BCUT2D eigenvalue weighted by Gasteiger charge is 2.36. The monoisotopic (exact) mass is 295 g/mol. The number of rotatable bonds is 7. The molecule has 1 aromatic carbocycles. The number of benzene rings is 1. The van der Waals surface area contributed by atoms with Crippen molar-refractivity contribution in [3.05, 3.63) is 35.9 Å². The molecule has 1 atom stereocenters. The molecule has 0 fully saturated rings. The number of carboxylic acid groups (broad SMARTS) is 2. The van der Waals surface area contributed by atoms with Crippen molar-refractivity contribution in [3.63, 3.8) is 0 Å². The third-order valence-electron chi connectivity index (χ3n) is 2.89. The lowest BCUT2D eigenvalue weighted by Crippen LogP contribution is -2.42. The predicted octanol–water partition coefficient (Wildman–Crippen LogP) is 1.48. The molecule has 114 valence electrons. The lowest BCUT2D eigenvalue weighted by atomic mass is 9.87. The van der Waals surface area contributed by atoms with E-state index in [4.69, 9.17) is 14.9 Å². The van der Waals surface area contributed by atoms with Crippen molar-refractivity contribution >= 4 is 18.0 Å². The van der Waals surface area contributed by atoms with Crippen LogP contribution in [0.1, 0.15) is 18.9 Å². The van der Waals surface area contributed by atoms with Crippen molar-refractivity contribution < 1.29 is 29.3 Å². The highest BCUT2D eigenvalue weighted by atomic mass is 16.5. The summed E-state index contributed by atoms with van der Waals surface area (Å²) < 4.78 is 4.92. The van der Waals surface area contributed by atoms with E-state index >= 15 is 0 Å². The lowest BCUT2D eigenvalue weighted by Gasteiger charge is -2.22. The number of hydrogen-bond donors (Lipinski definition) is 3. The normalized spacial score (nSPS) is 13.0. The van der Waals surface area contributed by atoms with Crippen molar-refractivity contribution in [2.45, 2.75) is 20.0 Å². The lowest BCUT2D eigenvalue weighted by molar-refractivity contribution is -0.154. The Morgan fingerprint density at radius 1 is 1.19 bits per heavy atom. The smallest absolute Gasteiger partial charge is 0.407 e. The van der Waals surface area contributed by atoms with Crippen molar-refractivity contribution in [1.29, 1.82) is 0 Å². The highest BCUT2D eigenvalue weighted by molar-refractivity contribution is 5.82. The number of carboxylic acids is 2. The van der Waals surface area contributed by atoms with Crippen LogP contribution in [0.3, 0.4) is 0 Å². The molecule has 0 aliphatic rings. The van der Waals surface area contributed by atoms with Gasteiger partial charge in [0.1, 0.15) is 6.61 Å². The molecule has 1 unspecified atom stereocenters. The van der Waals surface area contributed by atoms with Gasteiger partial charge in [-0.2, -0.15) is 0 Å². The molecule has 7 heteroatoms. The third kappa shape index (κ3) is 5.52. The molecule has 0 saturated heterocycles. The van der Waals surface area contributed by atoms with E-state index in [1.165, 1.54) is 6.92 Å². The van der Waals surface area contributed by atoms with Crippen LogP contribution in [0.15, 0.2) is 30.3 Å². The quantitative estimate of drug-likeness (QED) is 0.702. The molecule has 0 saturated carbocycles. The number of amides is 1. The van der Waals surface area contributed by atoms with Crippen molar-refractivity contribution in [3.8, 4) is 0 Å². The summed E-state index contributed by atoms with van der Waals surface area (Å²) in [5, 5.41) is 20.0. The zero-order chi connectivity index (χ0) is 15.9. The van der Waals surface area contributed by atoms with Crippen LogP contribution in [-0.4, -0.2) is 34.8 Å². The first-order valence-electron chi connectivity index (χ1n) is 6.23. The first-order chi connectivity index (χ1) is 9.83. The number of alkyl carbamates (subject to hydrolysis) is 1.